The Morgan fingerprint density at radius 2 is 1.96 bits per heavy atom. The molecule has 1 saturated heterocycles. The molecule has 3 heterocycles. The summed E-state index contributed by atoms with van der Waals surface area (Å²) < 4.78 is 13.0. The molecule has 1 aliphatic heterocycles. The van der Waals surface area contributed by atoms with E-state index in [1.54, 1.807) is 17.0 Å². The van der Waals surface area contributed by atoms with Crippen LogP contribution in [0.1, 0.15) is 5.56 Å². The fourth-order valence-electron chi connectivity index (χ4n) is 2.98. The van der Waals surface area contributed by atoms with Crippen molar-refractivity contribution in [2.45, 2.75) is 6.54 Å². The number of aromatic nitrogens is 3. The monoisotopic (exact) mass is 325 g/mol. The number of fused-ring (bicyclic) bond motifs is 1. The molecule has 3 aromatic rings. The van der Waals surface area contributed by atoms with E-state index < -0.39 is 0 Å². The molecule has 0 aliphatic carbocycles. The van der Waals surface area contributed by atoms with Crippen molar-refractivity contribution in [3.63, 3.8) is 0 Å². The summed E-state index contributed by atoms with van der Waals surface area (Å²) >= 11 is 0. The molecule has 0 spiro atoms. The van der Waals surface area contributed by atoms with Crippen molar-refractivity contribution in [1.82, 2.24) is 19.9 Å². The summed E-state index contributed by atoms with van der Waals surface area (Å²) in [5.41, 5.74) is 1.69. The van der Waals surface area contributed by atoms with Gasteiger partial charge < -0.3 is 14.8 Å². The van der Waals surface area contributed by atoms with Crippen LogP contribution in [-0.2, 0) is 11.3 Å². The Morgan fingerprint density at radius 3 is 2.75 bits per heavy atom. The van der Waals surface area contributed by atoms with Crippen molar-refractivity contribution in [3.05, 3.63) is 54.2 Å². The third kappa shape index (κ3) is 2.68. The first-order chi connectivity index (χ1) is 11.7. The summed E-state index contributed by atoms with van der Waals surface area (Å²) in [6.07, 6.45) is 3.32. The van der Waals surface area contributed by atoms with Crippen molar-refractivity contribution in [2.24, 2.45) is 0 Å². The Balaban J connectivity index is 1.49. The zero-order valence-electron chi connectivity index (χ0n) is 12.9. The van der Waals surface area contributed by atoms with Gasteiger partial charge in [0.2, 0.25) is 5.91 Å². The number of H-pyrrole nitrogens is 1. The first-order valence-corrected chi connectivity index (χ1v) is 7.76. The van der Waals surface area contributed by atoms with Gasteiger partial charge in [0.05, 0.1) is 11.9 Å². The molecule has 0 atom stereocenters. The lowest BCUT2D eigenvalue weighted by Crippen LogP contribution is -2.50. The molecule has 1 N–H and O–H groups in total. The maximum Gasteiger partial charge on any atom is 0.242 e. The molecule has 24 heavy (non-hydrogen) atoms. The summed E-state index contributed by atoms with van der Waals surface area (Å²) in [4.78, 5) is 27.8. The topological polar surface area (TPSA) is 65.1 Å². The molecule has 122 valence electrons. The van der Waals surface area contributed by atoms with Crippen LogP contribution in [-0.4, -0.2) is 45.4 Å². The molecule has 0 bridgehead atoms. The number of anilines is 1. The second-order valence-electron chi connectivity index (χ2n) is 5.80. The van der Waals surface area contributed by atoms with Crippen LogP contribution in [0.5, 0.6) is 0 Å². The van der Waals surface area contributed by atoms with Crippen LogP contribution < -0.4 is 4.90 Å². The number of hydrogen-bond donors (Lipinski definition) is 1. The van der Waals surface area contributed by atoms with Gasteiger partial charge in [-0.1, -0.05) is 12.1 Å². The summed E-state index contributed by atoms with van der Waals surface area (Å²) in [7, 11) is 0. The fourth-order valence-corrected chi connectivity index (χ4v) is 2.98. The van der Waals surface area contributed by atoms with Gasteiger partial charge in [-0.05, 0) is 23.8 Å². The standard InChI is InChI=1S/C17H16FN5O/c18-13-3-1-12(2-4-13)9-22-7-8-23(10-15(22)24)17-14-5-6-19-16(14)20-11-21-17/h1-6,11H,7-10H2,(H,19,20,21). The van der Waals surface area contributed by atoms with E-state index in [0.29, 0.717) is 19.6 Å². The maximum atomic E-state index is 13.0. The minimum Gasteiger partial charge on any atom is -0.346 e. The number of halogens is 1. The van der Waals surface area contributed by atoms with E-state index in [9.17, 15) is 9.18 Å². The van der Waals surface area contributed by atoms with Gasteiger partial charge in [0, 0.05) is 25.8 Å². The zero-order chi connectivity index (χ0) is 16.5. The zero-order valence-corrected chi connectivity index (χ0v) is 12.9. The highest BCUT2D eigenvalue weighted by Crippen LogP contribution is 2.23. The molecular formula is C17H16FN5O. The minimum atomic E-state index is -0.269. The average molecular weight is 325 g/mol. The summed E-state index contributed by atoms with van der Waals surface area (Å²) in [5, 5.41) is 0.914. The lowest BCUT2D eigenvalue weighted by Gasteiger charge is -2.35. The molecule has 1 aromatic carbocycles. The van der Waals surface area contributed by atoms with Crippen molar-refractivity contribution in [1.29, 1.82) is 0 Å². The highest BCUT2D eigenvalue weighted by molar-refractivity contribution is 5.90. The van der Waals surface area contributed by atoms with E-state index >= 15 is 0 Å². The van der Waals surface area contributed by atoms with E-state index in [-0.39, 0.29) is 18.3 Å². The molecule has 7 heteroatoms. The third-order valence-corrected chi connectivity index (χ3v) is 4.24. The van der Waals surface area contributed by atoms with Crippen LogP contribution in [0, 0.1) is 5.82 Å². The lowest BCUT2D eigenvalue weighted by atomic mass is 10.2. The molecule has 1 fully saturated rings. The molecule has 1 aliphatic rings. The van der Waals surface area contributed by atoms with Gasteiger partial charge in [0.25, 0.3) is 0 Å². The number of carbonyl (C=O) groups excluding carboxylic acids is 1. The van der Waals surface area contributed by atoms with Crippen LogP contribution in [0.2, 0.25) is 0 Å². The second-order valence-corrected chi connectivity index (χ2v) is 5.80. The number of hydrogen-bond acceptors (Lipinski definition) is 4. The van der Waals surface area contributed by atoms with Gasteiger partial charge in [-0.15, -0.1) is 0 Å². The van der Waals surface area contributed by atoms with E-state index in [2.05, 4.69) is 15.0 Å². The van der Waals surface area contributed by atoms with Gasteiger partial charge in [0.1, 0.15) is 23.6 Å². The number of rotatable bonds is 3. The number of aromatic amines is 1. The first-order valence-electron chi connectivity index (χ1n) is 7.76. The van der Waals surface area contributed by atoms with Crippen molar-refractivity contribution >= 4 is 22.8 Å². The van der Waals surface area contributed by atoms with Crippen LogP contribution in [0.4, 0.5) is 10.2 Å². The normalized spacial score (nSPS) is 15.3. The number of nitrogens with zero attached hydrogens (tertiary/aromatic N) is 4. The van der Waals surface area contributed by atoms with E-state index in [4.69, 9.17) is 0 Å². The molecule has 0 radical (unpaired) electrons. The summed E-state index contributed by atoms with van der Waals surface area (Å²) in [5.74, 6) is 0.540. The fraction of sp³-hybridized carbons (Fsp3) is 0.235. The second kappa shape index (κ2) is 5.92. The number of piperazine rings is 1. The van der Waals surface area contributed by atoms with Crippen molar-refractivity contribution < 1.29 is 9.18 Å². The number of carbonyl (C=O) groups is 1. The lowest BCUT2D eigenvalue weighted by molar-refractivity contribution is -0.131. The minimum absolute atomic E-state index is 0.0351. The molecule has 2 aromatic heterocycles. The Labute approximate surface area is 137 Å². The summed E-state index contributed by atoms with van der Waals surface area (Å²) in [6, 6.07) is 8.17. The Bertz CT molecular complexity index is 876. The Morgan fingerprint density at radius 1 is 1.12 bits per heavy atom. The van der Waals surface area contributed by atoms with Gasteiger partial charge >= 0.3 is 0 Å². The number of nitrogens with one attached hydrogen (secondary N) is 1. The Hall–Kier alpha value is -2.96. The van der Waals surface area contributed by atoms with Gasteiger partial charge in [-0.2, -0.15) is 0 Å². The molecule has 1 amide bonds. The van der Waals surface area contributed by atoms with Crippen LogP contribution in [0.25, 0.3) is 11.0 Å². The van der Waals surface area contributed by atoms with Crippen LogP contribution in [0.15, 0.2) is 42.9 Å². The summed E-state index contributed by atoms with van der Waals surface area (Å²) in [6.45, 7) is 2.07. The molecule has 0 unspecified atom stereocenters. The average Bonchev–Trinajstić information content (AvgIpc) is 3.07. The maximum absolute atomic E-state index is 13.0. The smallest absolute Gasteiger partial charge is 0.242 e. The largest absolute Gasteiger partial charge is 0.346 e. The molecule has 4 rings (SSSR count). The number of benzene rings is 1. The highest BCUT2D eigenvalue weighted by Gasteiger charge is 2.26. The van der Waals surface area contributed by atoms with Gasteiger partial charge in [-0.3, -0.25) is 4.79 Å². The molecular weight excluding hydrogens is 309 g/mol. The van der Waals surface area contributed by atoms with E-state index in [1.807, 2.05) is 17.2 Å². The van der Waals surface area contributed by atoms with Crippen molar-refractivity contribution in [3.8, 4) is 0 Å². The highest BCUT2D eigenvalue weighted by atomic mass is 19.1. The third-order valence-electron chi connectivity index (χ3n) is 4.24. The molecule has 6 nitrogen and oxygen atoms in total. The van der Waals surface area contributed by atoms with Crippen LogP contribution in [0.3, 0.4) is 0 Å². The van der Waals surface area contributed by atoms with E-state index in [1.165, 1.54) is 18.5 Å². The van der Waals surface area contributed by atoms with Crippen LogP contribution >= 0.6 is 0 Å². The number of amides is 1. The predicted octanol–water partition coefficient (Wildman–Crippen LogP) is 1.95. The first kappa shape index (κ1) is 14.6. The predicted molar refractivity (Wildman–Crippen MR) is 87.9 cm³/mol. The molecule has 0 saturated carbocycles. The van der Waals surface area contributed by atoms with Gasteiger partial charge in [-0.25, -0.2) is 14.4 Å². The Kier molecular flexibility index (Phi) is 3.60. The van der Waals surface area contributed by atoms with Crippen molar-refractivity contribution in [2.75, 3.05) is 24.5 Å². The van der Waals surface area contributed by atoms with E-state index in [0.717, 1.165) is 22.4 Å². The SMILES string of the molecule is O=C1CN(c2ncnc3[nH]ccc23)CCN1Cc1ccc(F)cc1. The quantitative estimate of drug-likeness (QED) is 0.799. The van der Waals surface area contributed by atoms with Gasteiger partial charge in [0.15, 0.2) is 0 Å².